The van der Waals surface area contributed by atoms with Crippen molar-refractivity contribution in [2.75, 3.05) is 0 Å². The summed E-state index contributed by atoms with van der Waals surface area (Å²) in [5, 5.41) is 2.42. The lowest BCUT2D eigenvalue weighted by Gasteiger charge is -2.63. The number of ether oxygens (including phenoxy) is 1. The van der Waals surface area contributed by atoms with Crippen LogP contribution in [0.25, 0.3) is 38.9 Å². The van der Waals surface area contributed by atoms with Gasteiger partial charge in [-0.2, -0.15) is 0 Å². The van der Waals surface area contributed by atoms with Crippen molar-refractivity contribution in [1.29, 1.82) is 0 Å². The van der Waals surface area contributed by atoms with Gasteiger partial charge >= 0.3 is 0 Å². The van der Waals surface area contributed by atoms with E-state index in [-0.39, 0.29) is 5.41 Å². The number of hydrogen-bond donors (Lipinski definition) is 0. The summed E-state index contributed by atoms with van der Waals surface area (Å²) in [6, 6.07) is 26.4. The van der Waals surface area contributed by atoms with Crippen LogP contribution in [0.4, 0.5) is 0 Å². The number of aryl methyl sites for hydroxylation is 3. The average molecular weight is 788 g/mol. The number of rotatable bonds is 6. The first-order chi connectivity index (χ1) is 27.6. The smallest absolute Gasteiger partial charge is 0.137 e. The molecule has 3 aromatic carbocycles. The highest BCUT2D eigenvalue weighted by atomic mass is 16.5. The maximum atomic E-state index is 6.71. The van der Waals surface area contributed by atoms with Crippen molar-refractivity contribution in [2.45, 2.75) is 140 Å². The molecule has 310 valence electrons. The lowest BCUT2D eigenvalue weighted by Crippen LogP contribution is -2.55. The van der Waals surface area contributed by atoms with E-state index in [1.54, 1.807) is 0 Å². The van der Waals surface area contributed by atoms with Crippen LogP contribution in [0.2, 0.25) is 0 Å². The molecular weight excluding hydrogens is 719 g/mol. The molecule has 3 aromatic heterocycles. The SMILES string of the molecule is Cc1cnc(-n2c3ccc(C(C)(C)C)cc3c3ccc(Oc4cccc(-c5cc(C6CCC(C)(C7C(C)(C)CC(C)(C)CC7(C)C)CC6C)c(C)cn5)c4)cc32)cc1C. The van der Waals surface area contributed by atoms with Crippen molar-refractivity contribution in [3.8, 4) is 28.6 Å². The number of fused-ring (bicyclic) bond motifs is 3. The topological polar surface area (TPSA) is 39.9 Å². The Hall–Kier alpha value is -4.44. The Balaban J connectivity index is 1.08. The van der Waals surface area contributed by atoms with Crippen LogP contribution in [0.15, 0.2) is 85.2 Å². The van der Waals surface area contributed by atoms with Gasteiger partial charge in [-0.1, -0.05) is 94.4 Å². The van der Waals surface area contributed by atoms with Gasteiger partial charge in [0.15, 0.2) is 0 Å². The summed E-state index contributed by atoms with van der Waals surface area (Å²) in [4.78, 5) is 9.94. The van der Waals surface area contributed by atoms with Gasteiger partial charge < -0.3 is 4.74 Å². The van der Waals surface area contributed by atoms with Crippen molar-refractivity contribution in [2.24, 2.45) is 33.5 Å². The number of pyridine rings is 2. The van der Waals surface area contributed by atoms with Gasteiger partial charge in [0, 0.05) is 34.8 Å². The first-order valence-corrected chi connectivity index (χ1v) is 22.3. The van der Waals surface area contributed by atoms with Gasteiger partial charge in [-0.3, -0.25) is 9.55 Å². The first kappa shape index (κ1) is 41.3. The molecule has 0 amide bonds. The van der Waals surface area contributed by atoms with E-state index in [4.69, 9.17) is 14.7 Å². The molecule has 0 radical (unpaired) electrons. The van der Waals surface area contributed by atoms with Gasteiger partial charge in [-0.25, -0.2) is 4.98 Å². The quantitative estimate of drug-likeness (QED) is 0.169. The molecule has 4 nitrogen and oxygen atoms in total. The van der Waals surface area contributed by atoms with Gasteiger partial charge in [0.2, 0.25) is 0 Å². The van der Waals surface area contributed by atoms with Crippen LogP contribution >= 0.6 is 0 Å². The number of nitrogens with zero attached hydrogens (tertiary/aromatic N) is 3. The van der Waals surface area contributed by atoms with Gasteiger partial charge in [0.05, 0.1) is 16.7 Å². The van der Waals surface area contributed by atoms with Crippen molar-refractivity contribution in [3.05, 3.63) is 113 Å². The van der Waals surface area contributed by atoms with Crippen LogP contribution in [0, 0.1) is 54.3 Å². The third kappa shape index (κ3) is 7.64. The summed E-state index contributed by atoms with van der Waals surface area (Å²) in [7, 11) is 0. The molecule has 2 saturated carbocycles. The van der Waals surface area contributed by atoms with Gasteiger partial charge in [0.25, 0.3) is 0 Å². The standard InChI is InChI=1S/C55H69N3O/c1-34-24-49(57-30-36(34)3)58-47-21-18-39(51(5,6)7)26-45(47)43-20-19-41(27-48(43)58)59-40-17-15-16-38(25-40)46-28-44(37(4)31-56-46)42-22-23-55(14,29-35(42)2)50-53(10,11)32-52(8,9)33-54(50,12)13/h15-21,24-28,30-31,35,42,50H,22-23,29,32-33H2,1-14H3. The average Bonchev–Trinajstić information content (AvgIpc) is 3.44. The predicted octanol–water partition coefficient (Wildman–Crippen LogP) is 15.7. The van der Waals surface area contributed by atoms with Crippen LogP contribution in [0.5, 0.6) is 11.5 Å². The van der Waals surface area contributed by atoms with Crippen LogP contribution in [-0.4, -0.2) is 14.5 Å². The molecule has 4 heteroatoms. The highest BCUT2D eigenvalue weighted by Gasteiger charge is 2.57. The van der Waals surface area contributed by atoms with E-state index in [0.29, 0.717) is 39.4 Å². The Morgan fingerprint density at radius 2 is 1.39 bits per heavy atom. The Morgan fingerprint density at radius 3 is 2.07 bits per heavy atom. The van der Waals surface area contributed by atoms with Crippen molar-refractivity contribution in [3.63, 3.8) is 0 Å². The monoisotopic (exact) mass is 788 g/mol. The van der Waals surface area contributed by atoms with Gasteiger partial charge in [-0.05, 0) is 174 Å². The molecule has 59 heavy (non-hydrogen) atoms. The molecule has 8 rings (SSSR count). The summed E-state index contributed by atoms with van der Waals surface area (Å²) in [5.74, 6) is 4.34. The second kappa shape index (κ2) is 14.3. The molecule has 3 unspecified atom stereocenters. The van der Waals surface area contributed by atoms with E-state index < -0.39 is 0 Å². The van der Waals surface area contributed by atoms with E-state index >= 15 is 0 Å². The Labute approximate surface area is 355 Å². The highest BCUT2D eigenvalue weighted by Crippen LogP contribution is 2.66. The summed E-state index contributed by atoms with van der Waals surface area (Å²) >= 11 is 0. The molecule has 6 aromatic rings. The van der Waals surface area contributed by atoms with Crippen LogP contribution < -0.4 is 4.74 Å². The van der Waals surface area contributed by atoms with Gasteiger partial charge in [0.1, 0.15) is 17.3 Å². The van der Waals surface area contributed by atoms with Crippen molar-refractivity contribution in [1.82, 2.24) is 14.5 Å². The Bertz CT molecular complexity index is 2540. The lowest BCUT2D eigenvalue weighted by molar-refractivity contribution is -0.133. The summed E-state index contributed by atoms with van der Waals surface area (Å²) < 4.78 is 9.00. The predicted molar refractivity (Wildman–Crippen MR) is 249 cm³/mol. The van der Waals surface area contributed by atoms with Crippen molar-refractivity contribution < 1.29 is 4.74 Å². The van der Waals surface area contributed by atoms with Crippen LogP contribution in [-0.2, 0) is 5.41 Å². The molecule has 0 bridgehead atoms. The molecule has 0 spiro atoms. The minimum atomic E-state index is 0.0415. The van der Waals surface area contributed by atoms with E-state index in [9.17, 15) is 0 Å². The lowest BCUT2D eigenvalue weighted by atomic mass is 9.42. The maximum absolute atomic E-state index is 6.71. The zero-order valence-electron chi connectivity index (χ0n) is 38.6. The normalized spacial score (nSPS) is 23.2. The zero-order chi connectivity index (χ0) is 42.4. The second-order valence-electron chi connectivity index (χ2n) is 22.6. The minimum absolute atomic E-state index is 0.0415. The molecule has 3 heterocycles. The maximum Gasteiger partial charge on any atom is 0.137 e. The number of hydrogen-bond acceptors (Lipinski definition) is 3. The molecule has 2 fully saturated rings. The second-order valence-corrected chi connectivity index (χ2v) is 22.6. The van der Waals surface area contributed by atoms with Crippen molar-refractivity contribution >= 4 is 21.8 Å². The van der Waals surface area contributed by atoms with E-state index in [1.807, 2.05) is 6.20 Å². The molecule has 0 saturated heterocycles. The van der Waals surface area contributed by atoms with E-state index in [2.05, 4.69) is 180 Å². The Morgan fingerprint density at radius 1 is 0.695 bits per heavy atom. The Kier molecular flexibility index (Phi) is 10.0. The molecular formula is C55H69N3O. The number of aromatic nitrogens is 3. The fourth-order valence-electron chi connectivity index (χ4n) is 13.6. The molecule has 0 aliphatic heterocycles. The van der Waals surface area contributed by atoms with Gasteiger partial charge in [-0.15, -0.1) is 0 Å². The molecule has 2 aliphatic rings. The largest absolute Gasteiger partial charge is 0.457 e. The van der Waals surface area contributed by atoms with E-state index in [1.165, 1.54) is 70.7 Å². The zero-order valence-corrected chi connectivity index (χ0v) is 38.6. The minimum Gasteiger partial charge on any atom is -0.457 e. The van der Waals surface area contributed by atoms with E-state index in [0.717, 1.165) is 39.6 Å². The van der Waals surface area contributed by atoms with Crippen LogP contribution in [0.3, 0.4) is 0 Å². The molecule has 3 atom stereocenters. The molecule has 0 N–H and O–H groups in total. The highest BCUT2D eigenvalue weighted by molar-refractivity contribution is 6.09. The number of benzene rings is 3. The summed E-state index contributed by atoms with van der Waals surface area (Å²) in [6.07, 6.45) is 10.5. The summed E-state index contributed by atoms with van der Waals surface area (Å²) in [5.41, 5.74) is 12.2. The first-order valence-electron chi connectivity index (χ1n) is 22.3. The summed E-state index contributed by atoms with van der Waals surface area (Å²) in [6.45, 7) is 33.8. The fourth-order valence-corrected chi connectivity index (χ4v) is 13.6. The van der Waals surface area contributed by atoms with Crippen LogP contribution in [0.1, 0.15) is 142 Å². The fraction of sp³-hybridized carbons (Fsp3) is 0.491. The third-order valence-electron chi connectivity index (χ3n) is 14.7. The molecule has 2 aliphatic carbocycles. The third-order valence-corrected chi connectivity index (χ3v) is 14.7.